The van der Waals surface area contributed by atoms with Crippen molar-refractivity contribution in [1.29, 1.82) is 0 Å². The second-order valence-electron chi connectivity index (χ2n) is 6.97. The van der Waals surface area contributed by atoms with Crippen LogP contribution in [0, 0.1) is 6.92 Å². The zero-order valence-electron chi connectivity index (χ0n) is 16.2. The van der Waals surface area contributed by atoms with Crippen molar-refractivity contribution in [2.24, 2.45) is 0 Å². The fourth-order valence-electron chi connectivity index (χ4n) is 3.40. The van der Waals surface area contributed by atoms with Crippen LogP contribution in [0.15, 0.2) is 24.3 Å². The Morgan fingerprint density at radius 2 is 1.81 bits per heavy atom. The van der Waals surface area contributed by atoms with Gasteiger partial charge in [-0.25, -0.2) is 4.79 Å². The van der Waals surface area contributed by atoms with Crippen molar-refractivity contribution in [3.8, 4) is 5.75 Å². The zero-order valence-corrected chi connectivity index (χ0v) is 16.2. The number of carbonyl (C=O) groups excluding carboxylic acids is 2. The SMILES string of the molecule is COc1ccc2cc(C(=O)OC(C)C(=O)N3CCCCCC3)c(C)nc2c1. The minimum absolute atomic E-state index is 0.124. The molecule has 1 aromatic carbocycles. The van der Waals surface area contributed by atoms with E-state index in [1.165, 1.54) is 0 Å². The Hall–Kier alpha value is -2.63. The van der Waals surface area contributed by atoms with Gasteiger partial charge in [-0.05, 0) is 44.9 Å². The molecule has 0 spiro atoms. The summed E-state index contributed by atoms with van der Waals surface area (Å²) in [5.41, 5.74) is 1.69. The Bertz CT molecular complexity index is 841. The molecule has 2 heterocycles. The van der Waals surface area contributed by atoms with Gasteiger partial charge in [-0.2, -0.15) is 0 Å². The van der Waals surface area contributed by atoms with Gasteiger partial charge in [-0.3, -0.25) is 9.78 Å². The number of hydrogen-bond acceptors (Lipinski definition) is 5. The standard InChI is InChI=1S/C21H26N2O4/c1-14-18(12-16-8-9-17(26-3)13-19(16)22-14)21(25)27-15(2)20(24)23-10-6-4-5-7-11-23/h8-9,12-13,15H,4-7,10-11H2,1-3H3. The summed E-state index contributed by atoms with van der Waals surface area (Å²) < 4.78 is 10.7. The molecule has 2 aromatic rings. The number of fused-ring (bicyclic) bond motifs is 1. The number of rotatable bonds is 4. The van der Waals surface area contributed by atoms with E-state index in [-0.39, 0.29) is 5.91 Å². The number of ether oxygens (including phenoxy) is 2. The second kappa shape index (κ2) is 8.37. The third-order valence-electron chi connectivity index (χ3n) is 4.98. The van der Waals surface area contributed by atoms with Gasteiger partial charge in [0.05, 0.1) is 23.9 Å². The lowest BCUT2D eigenvalue weighted by Gasteiger charge is -2.24. The summed E-state index contributed by atoms with van der Waals surface area (Å²) >= 11 is 0. The summed E-state index contributed by atoms with van der Waals surface area (Å²) in [7, 11) is 1.60. The van der Waals surface area contributed by atoms with E-state index < -0.39 is 12.1 Å². The molecule has 6 nitrogen and oxygen atoms in total. The predicted molar refractivity (Wildman–Crippen MR) is 103 cm³/mol. The van der Waals surface area contributed by atoms with Gasteiger partial charge in [-0.15, -0.1) is 0 Å². The van der Waals surface area contributed by atoms with Crippen LogP contribution in [0.3, 0.4) is 0 Å². The maximum absolute atomic E-state index is 12.6. The van der Waals surface area contributed by atoms with Crippen LogP contribution in [0.4, 0.5) is 0 Å². The Morgan fingerprint density at radius 1 is 1.11 bits per heavy atom. The minimum atomic E-state index is -0.804. The van der Waals surface area contributed by atoms with Crippen LogP contribution in [0.5, 0.6) is 5.75 Å². The summed E-state index contributed by atoms with van der Waals surface area (Å²) in [6.07, 6.45) is 3.49. The molecule has 3 rings (SSSR count). The number of aryl methyl sites for hydroxylation is 1. The van der Waals surface area contributed by atoms with Crippen LogP contribution in [0.1, 0.15) is 48.7 Å². The van der Waals surface area contributed by atoms with E-state index in [1.54, 1.807) is 27.0 Å². The van der Waals surface area contributed by atoms with Crippen molar-refractivity contribution >= 4 is 22.8 Å². The number of esters is 1. The number of likely N-dealkylation sites (tertiary alicyclic amines) is 1. The molecule has 1 saturated heterocycles. The topological polar surface area (TPSA) is 68.7 Å². The van der Waals surface area contributed by atoms with E-state index in [0.29, 0.717) is 17.0 Å². The van der Waals surface area contributed by atoms with Gasteiger partial charge in [-0.1, -0.05) is 12.8 Å². The third kappa shape index (κ3) is 4.38. The highest BCUT2D eigenvalue weighted by atomic mass is 16.5. The van der Waals surface area contributed by atoms with Crippen LogP contribution in [-0.4, -0.2) is 48.1 Å². The first-order valence-electron chi connectivity index (χ1n) is 9.45. The zero-order chi connectivity index (χ0) is 19.4. The second-order valence-corrected chi connectivity index (χ2v) is 6.97. The van der Waals surface area contributed by atoms with Gasteiger partial charge >= 0.3 is 5.97 Å². The largest absolute Gasteiger partial charge is 0.497 e. The highest BCUT2D eigenvalue weighted by Crippen LogP contribution is 2.22. The molecule has 1 atom stereocenters. The minimum Gasteiger partial charge on any atom is -0.497 e. The lowest BCUT2D eigenvalue weighted by atomic mass is 10.1. The molecule has 0 radical (unpaired) electrons. The van der Waals surface area contributed by atoms with E-state index in [0.717, 1.165) is 49.7 Å². The summed E-state index contributed by atoms with van der Waals surface area (Å²) in [4.78, 5) is 31.5. The summed E-state index contributed by atoms with van der Waals surface area (Å²) in [5, 5.41) is 0.819. The first-order valence-corrected chi connectivity index (χ1v) is 9.45. The first-order chi connectivity index (χ1) is 13.0. The Balaban J connectivity index is 1.74. The number of amides is 1. The van der Waals surface area contributed by atoms with Crippen molar-refractivity contribution in [2.75, 3.05) is 20.2 Å². The molecule has 144 valence electrons. The molecule has 0 aliphatic carbocycles. The number of methoxy groups -OCH3 is 1. The number of pyridine rings is 1. The molecule has 0 saturated carbocycles. The van der Waals surface area contributed by atoms with Gasteiger partial charge in [0.15, 0.2) is 6.10 Å². The molecule has 1 amide bonds. The summed E-state index contributed by atoms with van der Waals surface area (Å²) in [6.45, 7) is 4.87. The molecular formula is C21H26N2O4. The molecule has 0 N–H and O–H groups in total. The van der Waals surface area contributed by atoms with Crippen LogP contribution in [-0.2, 0) is 9.53 Å². The van der Waals surface area contributed by atoms with Crippen molar-refractivity contribution in [3.05, 3.63) is 35.5 Å². The monoisotopic (exact) mass is 370 g/mol. The number of carbonyl (C=O) groups is 2. The van der Waals surface area contributed by atoms with Gasteiger partial charge in [0.1, 0.15) is 5.75 Å². The molecule has 1 aliphatic heterocycles. The van der Waals surface area contributed by atoms with E-state index in [4.69, 9.17) is 9.47 Å². The maximum Gasteiger partial charge on any atom is 0.340 e. The van der Waals surface area contributed by atoms with Crippen molar-refractivity contribution in [1.82, 2.24) is 9.88 Å². The molecular weight excluding hydrogens is 344 g/mol. The fourth-order valence-corrected chi connectivity index (χ4v) is 3.40. The third-order valence-corrected chi connectivity index (χ3v) is 4.98. The number of benzene rings is 1. The van der Waals surface area contributed by atoms with Crippen molar-refractivity contribution < 1.29 is 19.1 Å². The van der Waals surface area contributed by atoms with Crippen LogP contribution >= 0.6 is 0 Å². The Morgan fingerprint density at radius 3 is 2.48 bits per heavy atom. The average molecular weight is 370 g/mol. The Kier molecular flexibility index (Phi) is 5.94. The predicted octanol–water partition coefficient (Wildman–Crippen LogP) is 3.50. The molecule has 1 fully saturated rings. The normalized spacial score (nSPS) is 15.9. The molecule has 6 heteroatoms. The van der Waals surface area contributed by atoms with E-state index in [1.807, 2.05) is 23.1 Å². The molecule has 1 aromatic heterocycles. The van der Waals surface area contributed by atoms with Crippen LogP contribution < -0.4 is 4.74 Å². The quantitative estimate of drug-likeness (QED) is 0.771. The van der Waals surface area contributed by atoms with Gasteiger partial charge in [0, 0.05) is 24.5 Å². The lowest BCUT2D eigenvalue weighted by Crippen LogP contribution is -2.40. The molecule has 0 bridgehead atoms. The highest BCUT2D eigenvalue weighted by Gasteiger charge is 2.25. The fraction of sp³-hybridized carbons (Fsp3) is 0.476. The molecule has 1 aliphatic rings. The van der Waals surface area contributed by atoms with E-state index in [2.05, 4.69) is 4.98 Å². The average Bonchev–Trinajstić information content (AvgIpc) is 2.95. The number of aromatic nitrogens is 1. The van der Waals surface area contributed by atoms with Crippen molar-refractivity contribution in [3.63, 3.8) is 0 Å². The van der Waals surface area contributed by atoms with Gasteiger partial charge in [0.2, 0.25) is 0 Å². The van der Waals surface area contributed by atoms with Crippen molar-refractivity contribution in [2.45, 2.75) is 45.6 Å². The first kappa shape index (κ1) is 19.1. The van der Waals surface area contributed by atoms with E-state index in [9.17, 15) is 9.59 Å². The molecule has 1 unspecified atom stereocenters. The summed E-state index contributed by atoms with van der Waals surface area (Å²) in [6, 6.07) is 7.24. The lowest BCUT2D eigenvalue weighted by molar-refractivity contribution is -0.139. The van der Waals surface area contributed by atoms with Crippen LogP contribution in [0.2, 0.25) is 0 Å². The number of hydrogen-bond donors (Lipinski definition) is 0. The summed E-state index contributed by atoms with van der Waals surface area (Å²) in [5.74, 6) is 0.0659. The number of nitrogens with zero attached hydrogens (tertiary/aromatic N) is 2. The van der Waals surface area contributed by atoms with Gasteiger partial charge < -0.3 is 14.4 Å². The Labute approximate surface area is 159 Å². The highest BCUT2D eigenvalue weighted by molar-refractivity contribution is 5.96. The van der Waals surface area contributed by atoms with E-state index >= 15 is 0 Å². The molecule has 27 heavy (non-hydrogen) atoms. The van der Waals surface area contributed by atoms with Gasteiger partial charge in [0.25, 0.3) is 5.91 Å². The van der Waals surface area contributed by atoms with Crippen LogP contribution in [0.25, 0.3) is 10.9 Å². The smallest absolute Gasteiger partial charge is 0.340 e. The maximum atomic E-state index is 12.6.